The van der Waals surface area contributed by atoms with E-state index in [0.717, 1.165) is 19.3 Å². The summed E-state index contributed by atoms with van der Waals surface area (Å²) in [6.45, 7) is 5.87. The number of aliphatic hydroxyl groups excluding tert-OH is 1. The molecular weight excluding hydrogens is 180 g/mol. The van der Waals surface area contributed by atoms with Gasteiger partial charge in [0.2, 0.25) is 0 Å². The van der Waals surface area contributed by atoms with E-state index in [1.54, 1.807) is 0 Å². The highest BCUT2D eigenvalue weighted by atomic mass is 16.6. The lowest BCUT2D eigenvalue weighted by molar-refractivity contribution is -0.273. The Balaban J connectivity index is 2.22. The van der Waals surface area contributed by atoms with Crippen LogP contribution in [0.5, 0.6) is 0 Å². The van der Waals surface area contributed by atoms with Gasteiger partial charge in [0.1, 0.15) is 5.41 Å². The third-order valence-electron chi connectivity index (χ3n) is 4.02. The van der Waals surface area contributed by atoms with Gasteiger partial charge in [-0.05, 0) is 39.0 Å². The van der Waals surface area contributed by atoms with Gasteiger partial charge in [0.15, 0.2) is 5.60 Å². The van der Waals surface area contributed by atoms with Gasteiger partial charge in [-0.15, -0.1) is 0 Å². The number of carbonyl (C=O) groups excluding carboxylic acids is 1. The molecule has 1 aliphatic heterocycles. The molecule has 0 aromatic rings. The number of ether oxygens (including phenoxy) is 1. The average molecular weight is 198 g/mol. The van der Waals surface area contributed by atoms with E-state index in [2.05, 4.69) is 6.92 Å². The summed E-state index contributed by atoms with van der Waals surface area (Å²) in [5.74, 6) is 0.358. The maximum absolute atomic E-state index is 11.3. The van der Waals surface area contributed by atoms with Crippen molar-refractivity contribution in [1.82, 2.24) is 0 Å². The van der Waals surface area contributed by atoms with Crippen LogP contribution in [-0.4, -0.2) is 22.8 Å². The highest BCUT2D eigenvalue weighted by molar-refractivity contribution is 5.84. The van der Waals surface area contributed by atoms with Gasteiger partial charge in [0.25, 0.3) is 0 Å². The largest absolute Gasteiger partial charge is 0.455 e. The molecule has 1 heterocycles. The molecule has 1 aliphatic carbocycles. The van der Waals surface area contributed by atoms with Crippen LogP contribution in [0.15, 0.2) is 0 Å². The fourth-order valence-corrected chi connectivity index (χ4v) is 2.71. The maximum Gasteiger partial charge on any atom is 0.316 e. The van der Waals surface area contributed by atoms with Crippen molar-refractivity contribution < 1.29 is 14.6 Å². The molecule has 1 saturated heterocycles. The lowest BCUT2D eigenvalue weighted by Gasteiger charge is -2.58. The van der Waals surface area contributed by atoms with Crippen molar-refractivity contribution in [3.63, 3.8) is 0 Å². The first-order valence-electron chi connectivity index (χ1n) is 5.31. The van der Waals surface area contributed by atoms with E-state index in [0.29, 0.717) is 5.92 Å². The predicted molar refractivity (Wildman–Crippen MR) is 51.6 cm³/mol. The molecule has 2 rings (SSSR count). The Morgan fingerprint density at radius 3 is 2.57 bits per heavy atom. The van der Waals surface area contributed by atoms with Crippen LogP contribution in [0.4, 0.5) is 0 Å². The van der Waals surface area contributed by atoms with Crippen LogP contribution in [0.25, 0.3) is 0 Å². The summed E-state index contributed by atoms with van der Waals surface area (Å²) in [4.78, 5) is 11.3. The molecule has 0 radical (unpaired) electrons. The number of hydrogen-bond acceptors (Lipinski definition) is 3. The van der Waals surface area contributed by atoms with Crippen LogP contribution >= 0.6 is 0 Å². The van der Waals surface area contributed by atoms with Gasteiger partial charge in [-0.25, -0.2) is 0 Å². The summed E-state index contributed by atoms with van der Waals surface area (Å²) in [6.07, 6.45) is 2.09. The van der Waals surface area contributed by atoms with Gasteiger partial charge in [-0.3, -0.25) is 4.79 Å². The van der Waals surface area contributed by atoms with Crippen LogP contribution in [0.2, 0.25) is 0 Å². The summed E-state index contributed by atoms with van der Waals surface area (Å²) >= 11 is 0. The molecule has 1 N–H and O–H groups in total. The van der Waals surface area contributed by atoms with E-state index < -0.39 is 17.1 Å². The standard InChI is InChI=1S/C11H18O3/c1-7-4-5-11(8(12)6-7)10(2,3)9(13)14-11/h7-8,12H,4-6H2,1-3H3. The Kier molecular flexibility index (Phi) is 1.94. The maximum atomic E-state index is 11.3. The quantitative estimate of drug-likeness (QED) is 0.600. The zero-order valence-electron chi connectivity index (χ0n) is 9.04. The van der Waals surface area contributed by atoms with Crippen molar-refractivity contribution in [2.24, 2.45) is 11.3 Å². The Morgan fingerprint density at radius 1 is 1.50 bits per heavy atom. The van der Waals surface area contributed by atoms with Gasteiger partial charge in [0.05, 0.1) is 6.10 Å². The lowest BCUT2D eigenvalue weighted by atomic mass is 9.60. The highest BCUT2D eigenvalue weighted by Gasteiger charge is 2.67. The number of esters is 1. The second-order valence-corrected chi connectivity index (χ2v) is 5.30. The van der Waals surface area contributed by atoms with Crippen LogP contribution in [0.3, 0.4) is 0 Å². The van der Waals surface area contributed by atoms with Crippen LogP contribution in [-0.2, 0) is 9.53 Å². The van der Waals surface area contributed by atoms with E-state index in [-0.39, 0.29) is 5.97 Å². The van der Waals surface area contributed by atoms with Crippen molar-refractivity contribution in [3.05, 3.63) is 0 Å². The molecule has 2 fully saturated rings. The minimum Gasteiger partial charge on any atom is -0.455 e. The molecule has 3 atom stereocenters. The van der Waals surface area contributed by atoms with Crippen LogP contribution in [0, 0.1) is 11.3 Å². The van der Waals surface area contributed by atoms with Crippen molar-refractivity contribution in [1.29, 1.82) is 0 Å². The summed E-state index contributed by atoms with van der Waals surface area (Å²) in [5, 5.41) is 10.0. The Hall–Kier alpha value is -0.570. The lowest BCUT2D eigenvalue weighted by Crippen LogP contribution is -2.70. The monoisotopic (exact) mass is 198 g/mol. The third-order valence-corrected chi connectivity index (χ3v) is 4.02. The van der Waals surface area contributed by atoms with Crippen LogP contribution in [0.1, 0.15) is 40.0 Å². The minimum absolute atomic E-state index is 0.175. The molecule has 0 aromatic carbocycles. The molecule has 3 heteroatoms. The molecule has 0 amide bonds. The Bertz CT molecular complexity index is 272. The van der Waals surface area contributed by atoms with Gasteiger partial charge < -0.3 is 9.84 Å². The van der Waals surface area contributed by atoms with Gasteiger partial charge >= 0.3 is 5.97 Å². The minimum atomic E-state index is -0.587. The van der Waals surface area contributed by atoms with E-state index in [4.69, 9.17) is 4.74 Å². The normalized spacial score (nSPS) is 45.9. The van der Waals surface area contributed by atoms with E-state index in [9.17, 15) is 9.90 Å². The highest BCUT2D eigenvalue weighted by Crippen LogP contribution is 2.54. The zero-order chi connectivity index (χ0) is 10.6. The number of hydrogen-bond donors (Lipinski definition) is 1. The molecule has 14 heavy (non-hydrogen) atoms. The molecule has 3 unspecified atom stereocenters. The number of rotatable bonds is 0. The first-order chi connectivity index (χ1) is 6.40. The second kappa shape index (κ2) is 2.72. The summed E-state index contributed by atoms with van der Waals surface area (Å²) in [6, 6.07) is 0. The molecule has 1 saturated carbocycles. The van der Waals surface area contributed by atoms with Crippen molar-refractivity contribution in [2.75, 3.05) is 0 Å². The summed E-state index contributed by atoms with van der Waals surface area (Å²) in [5.41, 5.74) is -1.09. The van der Waals surface area contributed by atoms with Gasteiger partial charge in [-0.2, -0.15) is 0 Å². The van der Waals surface area contributed by atoms with Gasteiger partial charge in [-0.1, -0.05) is 6.92 Å². The number of carbonyl (C=O) groups is 1. The van der Waals surface area contributed by atoms with E-state index >= 15 is 0 Å². The third kappa shape index (κ3) is 0.991. The van der Waals surface area contributed by atoms with Crippen LogP contribution < -0.4 is 0 Å². The van der Waals surface area contributed by atoms with E-state index in [1.165, 1.54) is 0 Å². The zero-order valence-corrected chi connectivity index (χ0v) is 9.04. The van der Waals surface area contributed by atoms with Crippen molar-refractivity contribution >= 4 is 5.97 Å². The smallest absolute Gasteiger partial charge is 0.316 e. The fourth-order valence-electron chi connectivity index (χ4n) is 2.71. The van der Waals surface area contributed by atoms with Gasteiger partial charge in [0, 0.05) is 0 Å². The summed E-state index contributed by atoms with van der Waals surface area (Å²) in [7, 11) is 0. The molecule has 1 spiro atoms. The topological polar surface area (TPSA) is 46.5 Å². The molecule has 0 bridgehead atoms. The average Bonchev–Trinajstić information content (AvgIpc) is 2.09. The fraction of sp³-hybridized carbons (Fsp3) is 0.909. The first-order valence-corrected chi connectivity index (χ1v) is 5.31. The molecule has 0 aromatic heterocycles. The predicted octanol–water partition coefficient (Wildman–Crippen LogP) is 1.49. The van der Waals surface area contributed by atoms with Crippen molar-refractivity contribution in [3.8, 4) is 0 Å². The summed E-state index contributed by atoms with van der Waals surface area (Å²) < 4.78 is 5.25. The van der Waals surface area contributed by atoms with E-state index in [1.807, 2.05) is 13.8 Å². The molecular formula is C11H18O3. The Morgan fingerprint density at radius 2 is 2.14 bits per heavy atom. The van der Waals surface area contributed by atoms with Crippen molar-refractivity contribution in [2.45, 2.75) is 51.7 Å². The first kappa shape index (κ1) is 9.97. The second-order valence-electron chi connectivity index (χ2n) is 5.30. The molecule has 3 nitrogen and oxygen atoms in total. The molecule has 2 aliphatic rings. The number of aliphatic hydroxyl groups is 1. The molecule has 80 valence electrons. The SMILES string of the molecule is CC1CCC2(OC(=O)C2(C)C)C(O)C1. The Labute approximate surface area is 84.4 Å².